The van der Waals surface area contributed by atoms with Gasteiger partial charge in [0.25, 0.3) is 0 Å². The van der Waals surface area contributed by atoms with Crippen LogP contribution in [0.1, 0.15) is 51.4 Å². The van der Waals surface area contributed by atoms with E-state index in [9.17, 15) is 16.8 Å². The molecule has 0 amide bonds. The highest BCUT2D eigenvalue weighted by molar-refractivity contribution is 7.90. The first-order valence-electron chi connectivity index (χ1n) is 9.00. The SMILES string of the molecule is O=S1(=O)C=CC=C(C2CCCC2)O1.O=S1(=O)C=CC=C(C2CCCC2)O1. The molecule has 2 heterocycles. The van der Waals surface area contributed by atoms with Crippen molar-refractivity contribution >= 4 is 20.2 Å². The van der Waals surface area contributed by atoms with E-state index in [1.807, 2.05) is 0 Å². The lowest BCUT2D eigenvalue weighted by atomic mass is 10.1. The second-order valence-corrected chi connectivity index (χ2v) is 9.76. The van der Waals surface area contributed by atoms with Gasteiger partial charge in [0, 0.05) is 11.8 Å². The molecule has 0 aromatic rings. The maximum absolute atomic E-state index is 11.1. The van der Waals surface area contributed by atoms with Crippen LogP contribution >= 0.6 is 0 Å². The molecule has 8 heteroatoms. The second-order valence-electron chi connectivity index (χ2n) is 6.91. The van der Waals surface area contributed by atoms with Crippen molar-refractivity contribution in [2.24, 2.45) is 11.8 Å². The average Bonchev–Trinajstić information content (AvgIpc) is 3.28. The third kappa shape index (κ3) is 5.23. The molecule has 2 saturated carbocycles. The molecule has 26 heavy (non-hydrogen) atoms. The first-order valence-corrected chi connectivity index (χ1v) is 11.9. The summed E-state index contributed by atoms with van der Waals surface area (Å²) < 4.78 is 54.1. The molecule has 0 aromatic heterocycles. The molecule has 0 atom stereocenters. The Morgan fingerprint density at radius 3 is 1.31 bits per heavy atom. The van der Waals surface area contributed by atoms with Crippen LogP contribution in [0.3, 0.4) is 0 Å². The first-order chi connectivity index (χ1) is 12.3. The minimum absolute atomic E-state index is 0.319. The fraction of sp³-hybridized carbons (Fsp3) is 0.556. The number of rotatable bonds is 2. The van der Waals surface area contributed by atoms with E-state index in [1.54, 1.807) is 24.3 Å². The average molecular weight is 401 g/mol. The molecule has 0 spiro atoms. The van der Waals surface area contributed by atoms with Crippen LogP contribution in [0.5, 0.6) is 0 Å². The van der Waals surface area contributed by atoms with E-state index < -0.39 is 20.2 Å². The van der Waals surface area contributed by atoms with Crippen LogP contribution in [0.4, 0.5) is 0 Å². The minimum atomic E-state index is -3.42. The van der Waals surface area contributed by atoms with Gasteiger partial charge < -0.3 is 8.37 Å². The van der Waals surface area contributed by atoms with Gasteiger partial charge in [-0.05, 0) is 50.0 Å². The Kier molecular flexibility index (Phi) is 5.92. The molecule has 2 aliphatic heterocycles. The third-order valence-corrected chi connectivity index (χ3v) is 6.78. The van der Waals surface area contributed by atoms with Crippen molar-refractivity contribution in [2.75, 3.05) is 0 Å². The van der Waals surface area contributed by atoms with E-state index in [4.69, 9.17) is 8.37 Å². The summed E-state index contributed by atoms with van der Waals surface area (Å²) in [5.41, 5.74) is 0. The first kappa shape index (κ1) is 19.2. The molecule has 2 fully saturated rings. The molecular weight excluding hydrogens is 376 g/mol. The van der Waals surface area contributed by atoms with E-state index in [0.717, 1.165) is 36.5 Å². The van der Waals surface area contributed by atoms with E-state index in [0.29, 0.717) is 23.4 Å². The zero-order valence-corrected chi connectivity index (χ0v) is 16.2. The third-order valence-electron chi connectivity index (χ3n) is 4.95. The van der Waals surface area contributed by atoms with Crippen LogP contribution in [0, 0.1) is 11.8 Å². The zero-order valence-electron chi connectivity index (χ0n) is 14.5. The van der Waals surface area contributed by atoms with Gasteiger partial charge in [-0.25, -0.2) is 0 Å². The van der Waals surface area contributed by atoms with E-state index in [2.05, 4.69) is 0 Å². The summed E-state index contributed by atoms with van der Waals surface area (Å²) in [5, 5.41) is 2.18. The summed E-state index contributed by atoms with van der Waals surface area (Å²) in [6, 6.07) is 0. The van der Waals surface area contributed by atoms with Crippen LogP contribution in [-0.4, -0.2) is 16.8 Å². The highest BCUT2D eigenvalue weighted by atomic mass is 32.2. The highest BCUT2D eigenvalue weighted by Crippen LogP contribution is 2.34. The lowest BCUT2D eigenvalue weighted by Gasteiger charge is -2.15. The summed E-state index contributed by atoms with van der Waals surface area (Å²) in [4.78, 5) is 0. The number of hydrogen-bond donors (Lipinski definition) is 0. The smallest absolute Gasteiger partial charge is 0.331 e. The Morgan fingerprint density at radius 1 is 0.654 bits per heavy atom. The standard InChI is InChI=1S/2C9H12O3S/c2*10-13(11)7-3-6-9(12-13)8-4-1-2-5-8/h2*3,6-8H,1-2,4-5H2. The lowest BCUT2D eigenvalue weighted by molar-refractivity contribution is 0.348. The summed E-state index contributed by atoms with van der Waals surface area (Å²) in [5.74, 6) is 1.89. The molecule has 0 unspecified atom stereocenters. The fourth-order valence-corrected chi connectivity index (χ4v) is 5.24. The van der Waals surface area contributed by atoms with Gasteiger partial charge in [0.2, 0.25) is 0 Å². The molecule has 6 nitrogen and oxygen atoms in total. The number of allylic oxidation sites excluding steroid dienone is 6. The van der Waals surface area contributed by atoms with Crippen LogP contribution < -0.4 is 0 Å². The Labute approximate surface area is 155 Å². The molecule has 4 rings (SSSR count). The molecular formula is C18H24O6S2. The largest absolute Gasteiger partial charge is 0.384 e. The van der Waals surface area contributed by atoms with Gasteiger partial charge in [-0.3, -0.25) is 0 Å². The molecule has 2 aliphatic carbocycles. The van der Waals surface area contributed by atoms with Gasteiger partial charge in [0.1, 0.15) is 11.5 Å². The van der Waals surface area contributed by atoms with Crippen molar-refractivity contribution in [3.05, 3.63) is 46.6 Å². The molecule has 0 bridgehead atoms. The Morgan fingerprint density at radius 2 is 1.00 bits per heavy atom. The molecule has 0 N–H and O–H groups in total. The van der Waals surface area contributed by atoms with Gasteiger partial charge in [-0.2, -0.15) is 16.8 Å². The summed E-state index contributed by atoms with van der Waals surface area (Å²) in [6.45, 7) is 0. The van der Waals surface area contributed by atoms with Gasteiger partial charge in [0.15, 0.2) is 0 Å². The van der Waals surface area contributed by atoms with Gasteiger partial charge in [-0.15, -0.1) is 0 Å². The van der Waals surface area contributed by atoms with Crippen LogP contribution in [-0.2, 0) is 28.6 Å². The predicted molar refractivity (Wildman–Crippen MR) is 98.4 cm³/mol. The van der Waals surface area contributed by atoms with Crippen LogP contribution in [0.25, 0.3) is 0 Å². The van der Waals surface area contributed by atoms with Crippen molar-refractivity contribution in [1.82, 2.24) is 0 Å². The topological polar surface area (TPSA) is 86.7 Å². The van der Waals surface area contributed by atoms with Crippen LogP contribution in [0.15, 0.2) is 46.6 Å². The van der Waals surface area contributed by atoms with Crippen molar-refractivity contribution in [3.63, 3.8) is 0 Å². The van der Waals surface area contributed by atoms with E-state index in [-0.39, 0.29) is 0 Å². The molecule has 0 aromatic carbocycles. The van der Waals surface area contributed by atoms with Crippen molar-refractivity contribution in [2.45, 2.75) is 51.4 Å². The summed E-state index contributed by atoms with van der Waals surface area (Å²) in [6.07, 6.45) is 15.5. The quantitative estimate of drug-likeness (QED) is 0.654. The molecule has 0 radical (unpaired) electrons. The van der Waals surface area contributed by atoms with E-state index in [1.165, 1.54) is 25.7 Å². The summed E-state index contributed by atoms with van der Waals surface area (Å²) >= 11 is 0. The van der Waals surface area contributed by atoms with Gasteiger partial charge in [-0.1, -0.05) is 25.7 Å². The monoisotopic (exact) mass is 400 g/mol. The van der Waals surface area contributed by atoms with Gasteiger partial charge in [0.05, 0.1) is 10.8 Å². The highest BCUT2D eigenvalue weighted by Gasteiger charge is 2.26. The second kappa shape index (κ2) is 8.00. The predicted octanol–water partition coefficient (Wildman–Crippen LogP) is 3.87. The van der Waals surface area contributed by atoms with E-state index >= 15 is 0 Å². The molecule has 0 saturated heterocycles. The number of hydrogen-bond acceptors (Lipinski definition) is 6. The van der Waals surface area contributed by atoms with Crippen molar-refractivity contribution in [3.8, 4) is 0 Å². The Balaban J connectivity index is 0.000000151. The Hall–Kier alpha value is -1.54. The summed E-state index contributed by atoms with van der Waals surface area (Å²) in [7, 11) is -6.84. The zero-order chi connectivity index (χ0) is 18.6. The molecule has 144 valence electrons. The van der Waals surface area contributed by atoms with Crippen molar-refractivity contribution in [1.29, 1.82) is 0 Å². The molecule has 4 aliphatic rings. The normalized spacial score (nSPS) is 26.9. The minimum Gasteiger partial charge on any atom is -0.384 e. The Bertz CT molecular complexity index is 762. The maximum Gasteiger partial charge on any atom is 0.331 e. The van der Waals surface area contributed by atoms with Gasteiger partial charge >= 0.3 is 20.2 Å². The lowest BCUT2D eigenvalue weighted by Crippen LogP contribution is -2.10. The van der Waals surface area contributed by atoms with Crippen molar-refractivity contribution < 1.29 is 25.2 Å². The van der Waals surface area contributed by atoms with Crippen LogP contribution in [0.2, 0.25) is 0 Å². The fourth-order valence-electron chi connectivity index (χ4n) is 3.67. The maximum atomic E-state index is 11.1.